The van der Waals surface area contributed by atoms with Gasteiger partial charge in [0.2, 0.25) is 5.91 Å². The summed E-state index contributed by atoms with van der Waals surface area (Å²) in [6, 6.07) is 0.141. The van der Waals surface area contributed by atoms with Gasteiger partial charge in [-0.1, -0.05) is 0 Å². The first-order valence-electron chi connectivity index (χ1n) is 6.34. The largest absolute Gasteiger partial charge is 0.388 e. The third-order valence-corrected chi connectivity index (χ3v) is 3.10. The van der Waals surface area contributed by atoms with Gasteiger partial charge >= 0.3 is 0 Å². The molecule has 1 aliphatic rings. The smallest absolute Gasteiger partial charge is 0.220 e. The van der Waals surface area contributed by atoms with Crippen LogP contribution in [-0.2, 0) is 9.53 Å². The summed E-state index contributed by atoms with van der Waals surface area (Å²) < 4.78 is 5.18. The van der Waals surface area contributed by atoms with Crippen LogP contribution < -0.4 is 11.1 Å². The molecule has 0 aromatic rings. The van der Waals surface area contributed by atoms with Gasteiger partial charge in [-0.2, -0.15) is 0 Å². The lowest BCUT2D eigenvalue weighted by Gasteiger charge is -2.32. The Balaban J connectivity index is 2.14. The highest BCUT2D eigenvalue weighted by Gasteiger charge is 2.29. The Morgan fingerprint density at radius 1 is 1.53 bits per heavy atom. The molecule has 1 unspecified atom stereocenters. The van der Waals surface area contributed by atoms with E-state index in [1.165, 1.54) is 0 Å². The van der Waals surface area contributed by atoms with Crippen LogP contribution in [-0.4, -0.2) is 42.4 Å². The first-order chi connectivity index (χ1) is 8.02. The van der Waals surface area contributed by atoms with Gasteiger partial charge in [0, 0.05) is 45.1 Å². The van der Waals surface area contributed by atoms with Crippen molar-refractivity contribution >= 4 is 5.91 Å². The molecule has 0 aliphatic carbocycles. The van der Waals surface area contributed by atoms with E-state index in [0.29, 0.717) is 39.0 Å². The van der Waals surface area contributed by atoms with Gasteiger partial charge in [-0.15, -0.1) is 0 Å². The molecule has 100 valence electrons. The van der Waals surface area contributed by atoms with Crippen LogP contribution in [0.5, 0.6) is 0 Å². The molecular weight excluding hydrogens is 220 g/mol. The molecule has 0 spiro atoms. The van der Waals surface area contributed by atoms with Gasteiger partial charge in [-0.25, -0.2) is 0 Å². The summed E-state index contributed by atoms with van der Waals surface area (Å²) in [7, 11) is 0. The van der Waals surface area contributed by atoms with Crippen molar-refractivity contribution in [2.45, 2.75) is 50.7 Å². The second-order valence-corrected chi connectivity index (χ2v) is 4.98. The topological polar surface area (TPSA) is 84.6 Å². The monoisotopic (exact) mass is 244 g/mol. The SMILES string of the molecule is CC(N)CCCC(=O)NCC1(O)CCOCC1. The molecule has 4 N–H and O–H groups in total. The van der Waals surface area contributed by atoms with Crippen LogP contribution in [0.3, 0.4) is 0 Å². The molecule has 1 amide bonds. The van der Waals surface area contributed by atoms with Crippen LogP contribution in [0.25, 0.3) is 0 Å². The summed E-state index contributed by atoms with van der Waals surface area (Å²) in [5.74, 6) is -0.00873. The lowest BCUT2D eigenvalue weighted by Crippen LogP contribution is -2.46. The summed E-state index contributed by atoms with van der Waals surface area (Å²) in [5, 5.41) is 12.9. The summed E-state index contributed by atoms with van der Waals surface area (Å²) in [6.45, 7) is 3.39. The lowest BCUT2D eigenvalue weighted by molar-refractivity contribution is -0.124. The number of nitrogens with one attached hydrogen (secondary N) is 1. The zero-order valence-electron chi connectivity index (χ0n) is 10.6. The van der Waals surface area contributed by atoms with E-state index in [0.717, 1.165) is 12.8 Å². The molecule has 5 nitrogen and oxygen atoms in total. The van der Waals surface area contributed by atoms with Gasteiger partial charge in [0.1, 0.15) is 0 Å². The van der Waals surface area contributed by atoms with Crippen molar-refractivity contribution in [3.63, 3.8) is 0 Å². The maximum Gasteiger partial charge on any atom is 0.220 e. The van der Waals surface area contributed by atoms with Crippen molar-refractivity contribution < 1.29 is 14.6 Å². The fourth-order valence-corrected chi connectivity index (χ4v) is 1.86. The van der Waals surface area contributed by atoms with Crippen molar-refractivity contribution in [2.75, 3.05) is 19.8 Å². The standard InChI is InChI=1S/C12H24N2O3/c1-10(13)3-2-4-11(15)14-9-12(16)5-7-17-8-6-12/h10,16H,2-9,13H2,1H3,(H,14,15). The van der Waals surface area contributed by atoms with Crippen LogP contribution in [0, 0.1) is 0 Å². The summed E-state index contributed by atoms with van der Waals surface area (Å²) in [4.78, 5) is 11.5. The Morgan fingerprint density at radius 3 is 2.76 bits per heavy atom. The fraction of sp³-hybridized carbons (Fsp3) is 0.917. The zero-order valence-corrected chi connectivity index (χ0v) is 10.6. The average Bonchev–Trinajstić information content (AvgIpc) is 2.27. The fourth-order valence-electron chi connectivity index (χ4n) is 1.86. The van der Waals surface area contributed by atoms with Crippen LogP contribution in [0.4, 0.5) is 0 Å². The highest BCUT2D eigenvalue weighted by Crippen LogP contribution is 2.19. The van der Waals surface area contributed by atoms with Gasteiger partial charge in [0.05, 0.1) is 5.60 Å². The molecule has 1 atom stereocenters. The van der Waals surface area contributed by atoms with E-state index < -0.39 is 5.60 Å². The number of hydrogen-bond donors (Lipinski definition) is 3. The number of carbonyl (C=O) groups is 1. The zero-order chi connectivity index (χ0) is 12.7. The number of nitrogens with two attached hydrogens (primary N) is 1. The van der Waals surface area contributed by atoms with Gasteiger partial charge in [-0.3, -0.25) is 4.79 Å². The summed E-state index contributed by atoms with van der Waals surface area (Å²) in [6.07, 6.45) is 3.31. The molecule has 1 rings (SSSR count). The average molecular weight is 244 g/mol. The van der Waals surface area contributed by atoms with E-state index in [2.05, 4.69) is 5.32 Å². The number of amides is 1. The number of rotatable bonds is 6. The molecule has 17 heavy (non-hydrogen) atoms. The molecule has 0 bridgehead atoms. The second-order valence-electron chi connectivity index (χ2n) is 4.98. The third-order valence-electron chi connectivity index (χ3n) is 3.10. The minimum atomic E-state index is -0.783. The highest BCUT2D eigenvalue weighted by atomic mass is 16.5. The second kappa shape index (κ2) is 6.93. The van der Waals surface area contributed by atoms with E-state index in [-0.39, 0.29) is 11.9 Å². The number of ether oxygens (including phenoxy) is 1. The van der Waals surface area contributed by atoms with Gasteiger partial charge in [0.25, 0.3) is 0 Å². The predicted octanol–water partition coefficient (Wildman–Crippen LogP) is 0.162. The Hall–Kier alpha value is -0.650. The molecule has 0 aromatic heterocycles. The molecule has 5 heteroatoms. The highest BCUT2D eigenvalue weighted by molar-refractivity contribution is 5.75. The Kier molecular flexibility index (Phi) is 5.88. The van der Waals surface area contributed by atoms with Crippen molar-refractivity contribution in [2.24, 2.45) is 5.73 Å². The van der Waals surface area contributed by atoms with Crippen LogP contribution in [0.15, 0.2) is 0 Å². The first kappa shape index (κ1) is 14.4. The van der Waals surface area contributed by atoms with Crippen molar-refractivity contribution in [3.05, 3.63) is 0 Å². The maximum absolute atomic E-state index is 11.5. The molecule has 1 aliphatic heterocycles. The molecule has 0 saturated carbocycles. The minimum absolute atomic E-state index is 0.00873. The summed E-state index contributed by atoms with van der Waals surface area (Å²) >= 11 is 0. The van der Waals surface area contributed by atoms with E-state index in [1.54, 1.807) is 0 Å². The van der Waals surface area contributed by atoms with E-state index in [4.69, 9.17) is 10.5 Å². The van der Waals surface area contributed by atoms with Crippen LogP contribution >= 0.6 is 0 Å². The van der Waals surface area contributed by atoms with Crippen molar-refractivity contribution in [1.29, 1.82) is 0 Å². The lowest BCUT2D eigenvalue weighted by atomic mass is 9.94. The van der Waals surface area contributed by atoms with E-state index in [1.807, 2.05) is 6.92 Å². The molecule has 1 saturated heterocycles. The van der Waals surface area contributed by atoms with Gasteiger partial charge < -0.3 is 20.9 Å². The molecule has 1 heterocycles. The van der Waals surface area contributed by atoms with E-state index >= 15 is 0 Å². The van der Waals surface area contributed by atoms with E-state index in [9.17, 15) is 9.90 Å². The molecule has 0 radical (unpaired) electrons. The molecule has 0 aromatic carbocycles. The van der Waals surface area contributed by atoms with Gasteiger partial charge in [-0.05, 0) is 19.8 Å². The number of carbonyl (C=O) groups excluding carboxylic acids is 1. The van der Waals surface area contributed by atoms with Gasteiger partial charge in [0.15, 0.2) is 0 Å². The maximum atomic E-state index is 11.5. The van der Waals surface area contributed by atoms with Crippen molar-refractivity contribution in [3.8, 4) is 0 Å². The normalized spacial score (nSPS) is 20.9. The Morgan fingerprint density at radius 2 is 2.18 bits per heavy atom. The first-order valence-corrected chi connectivity index (χ1v) is 6.34. The predicted molar refractivity (Wildman–Crippen MR) is 65.5 cm³/mol. The van der Waals surface area contributed by atoms with Crippen LogP contribution in [0.1, 0.15) is 39.0 Å². The van der Waals surface area contributed by atoms with Crippen LogP contribution in [0.2, 0.25) is 0 Å². The molecule has 1 fully saturated rings. The Bertz CT molecular complexity index is 238. The Labute approximate surface area is 103 Å². The number of hydrogen-bond acceptors (Lipinski definition) is 4. The third kappa shape index (κ3) is 6.00. The van der Waals surface area contributed by atoms with Crippen molar-refractivity contribution in [1.82, 2.24) is 5.32 Å². The minimum Gasteiger partial charge on any atom is -0.388 e. The summed E-state index contributed by atoms with van der Waals surface area (Å²) in [5.41, 5.74) is 4.82. The number of aliphatic hydroxyl groups is 1. The quantitative estimate of drug-likeness (QED) is 0.621. The molecular formula is C12H24N2O3.